The van der Waals surface area contributed by atoms with Gasteiger partial charge in [0.1, 0.15) is 5.82 Å². The van der Waals surface area contributed by atoms with Crippen LogP contribution in [-0.2, 0) is 6.54 Å². The van der Waals surface area contributed by atoms with Crippen molar-refractivity contribution in [2.45, 2.75) is 13.5 Å². The molecule has 0 aliphatic carbocycles. The van der Waals surface area contributed by atoms with Crippen molar-refractivity contribution in [2.24, 2.45) is 0 Å². The van der Waals surface area contributed by atoms with E-state index < -0.39 is 0 Å². The average molecular weight is 357 g/mol. The van der Waals surface area contributed by atoms with Crippen LogP contribution in [-0.4, -0.2) is 9.55 Å². The third-order valence-electron chi connectivity index (χ3n) is 2.42. The second-order valence-electron chi connectivity index (χ2n) is 3.87. The number of aryl methyl sites for hydroxylation is 1. The Balaban J connectivity index is 2.33. The van der Waals surface area contributed by atoms with Crippen molar-refractivity contribution in [1.29, 1.82) is 0 Å². The van der Waals surface area contributed by atoms with Crippen molar-refractivity contribution < 1.29 is 4.39 Å². The van der Waals surface area contributed by atoms with Crippen LogP contribution >= 0.6 is 22.6 Å². The van der Waals surface area contributed by atoms with E-state index in [1.807, 2.05) is 46.3 Å². The zero-order chi connectivity index (χ0) is 13.1. The molecule has 18 heavy (non-hydrogen) atoms. The lowest BCUT2D eigenvalue weighted by molar-refractivity contribution is 0.621. The van der Waals surface area contributed by atoms with Crippen molar-refractivity contribution in [1.82, 2.24) is 9.55 Å². The van der Waals surface area contributed by atoms with Gasteiger partial charge in [-0.05, 0) is 41.6 Å². The van der Waals surface area contributed by atoms with Gasteiger partial charge in [-0.3, -0.25) is 0 Å². The zero-order valence-electron chi connectivity index (χ0n) is 9.95. The molecule has 1 aromatic carbocycles. The van der Waals surface area contributed by atoms with Gasteiger partial charge >= 0.3 is 0 Å². The second kappa shape index (κ2) is 5.51. The summed E-state index contributed by atoms with van der Waals surface area (Å²) in [6.45, 7) is 6.29. The molecule has 0 unspecified atom stereocenters. The van der Waals surface area contributed by atoms with E-state index >= 15 is 0 Å². The molecule has 0 aliphatic heterocycles. The summed E-state index contributed by atoms with van der Waals surface area (Å²) in [6, 6.07) is 4.94. The molecule has 5 heteroatoms. The summed E-state index contributed by atoms with van der Waals surface area (Å²) in [7, 11) is 0. The topological polar surface area (TPSA) is 29.9 Å². The number of hydrogen-bond acceptors (Lipinski definition) is 2. The molecule has 1 aromatic heterocycles. The fourth-order valence-corrected chi connectivity index (χ4v) is 2.14. The van der Waals surface area contributed by atoms with Crippen molar-refractivity contribution in [3.05, 3.63) is 52.1 Å². The Hall–Kier alpha value is -1.37. The number of halogens is 2. The van der Waals surface area contributed by atoms with E-state index in [0.29, 0.717) is 21.8 Å². The normalized spacial score (nSPS) is 10.4. The maximum Gasteiger partial charge on any atom is 0.207 e. The molecule has 0 saturated carbocycles. The number of hydrogen-bond donors (Lipinski definition) is 1. The van der Waals surface area contributed by atoms with Crippen molar-refractivity contribution in [3.63, 3.8) is 0 Å². The lowest BCUT2D eigenvalue weighted by Crippen LogP contribution is -2.03. The largest absolute Gasteiger partial charge is 0.325 e. The molecule has 0 atom stereocenters. The number of nitrogens with zero attached hydrogens (tertiary/aromatic N) is 2. The molecule has 1 heterocycles. The van der Waals surface area contributed by atoms with Gasteiger partial charge in [0.25, 0.3) is 0 Å². The molecule has 2 aromatic rings. The first-order chi connectivity index (χ1) is 8.61. The van der Waals surface area contributed by atoms with Gasteiger partial charge in [-0.15, -0.1) is 6.58 Å². The Bertz CT molecular complexity index is 578. The molecule has 0 bridgehead atoms. The van der Waals surface area contributed by atoms with E-state index in [2.05, 4.69) is 16.9 Å². The van der Waals surface area contributed by atoms with Gasteiger partial charge in [0.15, 0.2) is 0 Å². The fraction of sp³-hybridized carbons (Fsp3) is 0.154. The maximum absolute atomic E-state index is 13.4. The monoisotopic (exact) mass is 357 g/mol. The van der Waals surface area contributed by atoms with Gasteiger partial charge in [0.2, 0.25) is 5.95 Å². The Morgan fingerprint density at radius 1 is 1.56 bits per heavy atom. The fourth-order valence-electron chi connectivity index (χ4n) is 1.65. The summed E-state index contributed by atoms with van der Waals surface area (Å²) < 4.78 is 15.9. The second-order valence-corrected chi connectivity index (χ2v) is 4.95. The predicted molar refractivity (Wildman–Crippen MR) is 79.6 cm³/mol. The number of nitrogens with one attached hydrogen (secondary N) is 1. The van der Waals surface area contributed by atoms with E-state index in [1.165, 1.54) is 6.07 Å². The van der Waals surface area contributed by atoms with Crippen LogP contribution in [0.2, 0.25) is 0 Å². The van der Waals surface area contributed by atoms with Crippen LogP contribution < -0.4 is 5.32 Å². The van der Waals surface area contributed by atoms with E-state index in [1.54, 1.807) is 12.1 Å². The van der Waals surface area contributed by atoms with Crippen LogP contribution in [0.25, 0.3) is 0 Å². The van der Waals surface area contributed by atoms with Crippen LogP contribution in [0.5, 0.6) is 0 Å². The average Bonchev–Trinajstić information content (AvgIpc) is 2.66. The SMILES string of the molecule is C=CCn1cc(C)nc1Nc1cccc(F)c1I. The first-order valence-electron chi connectivity index (χ1n) is 5.47. The van der Waals surface area contributed by atoms with Gasteiger partial charge in [0, 0.05) is 12.7 Å². The molecular weight excluding hydrogens is 344 g/mol. The summed E-state index contributed by atoms with van der Waals surface area (Å²) in [6.07, 6.45) is 3.72. The molecule has 0 fully saturated rings. The van der Waals surface area contributed by atoms with Crippen LogP contribution in [0.15, 0.2) is 37.1 Å². The molecule has 0 radical (unpaired) electrons. The first-order valence-corrected chi connectivity index (χ1v) is 6.55. The van der Waals surface area contributed by atoms with Gasteiger partial charge < -0.3 is 9.88 Å². The Morgan fingerprint density at radius 2 is 2.33 bits per heavy atom. The van der Waals surface area contributed by atoms with Gasteiger partial charge in [-0.2, -0.15) is 0 Å². The maximum atomic E-state index is 13.4. The molecular formula is C13H13FIN3. The van der Waals surface area contributed by atoms with Crippen LogP contribution in [0, 0.1) is 16.3 Å². The highest BCUT2D eigenvalue weighted by Crippen LogP contribution is 2.24. The number of allylic oxidation sites excluding steroid dienone is 1. The highest BCUT2D eigenvalue weighted by atomic mass is 127. The van der Waals surface area contributed by atoms with Gasteiger partial charge in [0.05, 0.1) is 15.0 Å². The quantitative estimate of drug-likeness (QED) is 0.665. The lowest BCUT2D eigenvalue weighted by atomic mass is 10.3. The van der Waals surface area contributed by atoms with E-state index in [4.69, 9.17) is 0 Å². The third kappa shape index (κ3) is 2.72. The molecule has 0 saturated heterocycles. The minimum absolute atomic E-state index is 0.237. The highest BCUT2D eigenvalue weighted by Gasteiger charge is 2.09. The number of imidazole rings is 1. The summed E-state index contributed by atoms with van der Waals surface area (Å²) in [5.74, 6) is 0.454. The Kier molecular flexibility index (Phi) is 4.00. The number of anilines is 2. The minimum atomic E-state index is -0.237. The smallest absolute Gasteiger partial charge is 0.207 e. The number of aromatic nitrogens is 2. The van der Waals surface area contributed by atoms with Gasteiger partial charge in [-0.25, -0.2) is 9.37 Å². The predicted octanol–water partition coefficient (Wildman–Crippen LogP) is 3.86. The van der Waals surface area contributed by atoms with Crippen molar-refractivity contribution in [3.8, 4) is 0 Å². The molecule has 0 amide bonds. The summed E-state index contributed by atoms with van der Waals surface area (Å²) >= 11 is 1.98. The van der Waals surface area contributed by atoms with Gasteiger partial charge in [-0.1, -0.05) is 12.1 Å². The Morgan fingerprint density at radius 3 is 3.06 bits per heavy atom. The van der Waals surface area contributed by atoms with Crippen LogP contribution in [0.3, 0.4) is 0 Å². The highest BCUT2D eigenvalue weighted by molar-refractivity contribution is 14.1. The van der Waals surface area contributed by atoms with E-state index in [-0.39, 0.29) is 5.82 Å². The standard InChI is InChI=1S/C13H13FIN3/c1-3-7-18-8-9(2)16-13(18)17-11-6-4-5-10(14)12(11)15/h3-6,8H,1,7H2,2H3,(H,16,17). The van der Waals surface area contributed by atoms with Crippen LogP contribution in [0.1, 0.15) is 5.69 Å². The van der Waals surface area contributed by atoms with E-state index in [0.717, 1.165) is 5.69 Å². The summed E-state index contributed by atoms with van der Waals surface area (Å²) in [5, 5.41) is 3.14. The number of benzene rings is 1. The first kappa shape index (κ1) is 13.1. The third-order valence-corrected chi connectivity index (χ3v) is 3.52. The molecule has 3 nitrogen and oxygen atoms in total. The Labute approximate surface area is 119 Å². The minimum Gasteiger partial charge on any atom is -0.325 e. The molecule has 0 aliphatic rings. The molecule has 0 spiro atoms. The molecule has 1 N–H and O–H groups in total. The molecule has 94 valence electrons. The van der Waals surface area contributed by atoms with Crippen molar-refractivity contribution >= 4 is 34.2 Å². The zero-order valence-corrected chi connectivity index (χ0v) is 12.1. The summed E-state index contributed by atoms with van der Waals surface area (Å²) in [5.41, 5.74) is 1.62. The lowest BCUT2D eigenvalue weighted by Gasteiger charge is -2.09. The van der Waals surface area contributed by atoms with Crippen molar-refractivity contribution in [2.75, 3.05) is 5.32 Å². The van der Waals surface area contributed by atoms with Crippen LogP contribution in [0.4, 0.5) is 16.0 Å². The number of rotatable bonds is 4. The molecule has 2 rings (SSSR count). The van der Waals surface area contributed by atoms with E-state index in [9.17, 15) is 4.39 Å². The summed E-state index contributed by atoms with van der Waals surface area (Å²) in [4.78, 5) is 4.37.